The molecule has 0 saturated heterocycles. The summed E-state index contributed by atoms with van der Waals surface area (Å²) in [5, 5.41) is 17.9. The van der Waals surface area contributed by atoms with Crippen LogP contribution in [0.4, 0.5) is 0 Å². The summed E-state index contributed by atoms with van der Waals surface area (Å²) in [6, 6.07) is 1.53. The zero-order chi connectivity index (χ0) is 6.15. The lowest BCUT2D eigenvalue weighted by molar-refractivity contribution is 0.486. The number of hydrogen-bond acceptors (Lipinski definition) is 3. The van der Waals surface area contributed by atoms with E-state index in [9.17, 15) is 0 Å². The Labute approximate surface area is 51.0 Å². The molecule has 0 aliphatic rings. The molecular weight excluding hydrogens is 124 g/mol. The first-order valence-electron chi connectivity index (χ1n) is 2.18. The van der Waals surface area contributed by atoms with Crippen molar-refractivity contribution in [3.63, 3.8) is 0 Å². The van der Waals surface area contributed by atoms with Crippen LogP contribution in [0.1, 0.15) is 5.56 Å². The predicted octanol–water partition coefficient (Wildman–Crippen LogP) is 1.47. The van der Waals surface area contributed by atoms with E-state index in [1.807, 2.05) is 0 Å². The molecule has 1 aromatic rings. The van der Waals surface area contributed by atoms with Gasteiger partial charge in [0.2, 0.25) is 0 Å². The maximum absolute atomic E-state index is 8.80. The van der Waals surface area contributed by atoms with Gasteiger partial charge >= 0.3 is 0 Å². The smallest absolute Gasteiger partial charge is 0.177 e. The molecule has 0 bridgehead atoms. The normalized spacial score (nSPS) is 9.62. The predicted molar refractivity (Wildman–Crippen MR) is 32.4 cm³/mol. The number of thiophene rings is 1. The zero-order valence-electron chi connectivity index (χ0n) is 4.38. The molecule has 0 unspecified atom stereocenters. The standard InChI is InChI=1S/C5H6O2S/c1-3-2-4(6)8-5(3)7/h2,6-7H,1H3. The molecule has 0 spiro atoms. The second-order valence-corrected chi connectivity index (χ2v) is 2.58. The first-order valence-corrected chi connectivity index (χ1v) is 3.00. The summed E-state index contributed by atoms with van der Waals surface area (Å²) in [5.74, 6) is 0. The average Bonchev–Trinajstić information content (AvgIpc) is 1.85. The van der Waals surface area contributed by atoms with E-state index in [0.717, 1.165) is 16.9 Å². The Hall–Kier alpha value is -0.700. The van der Waals surface area contributed by atoms with Gasteiger partial charge in [0.15, 0.2) is 10.1 Å². The van der Waals surface area contributed by atoms with Gasteiger partial charge in [0.1, 0.15) is 0 Å². The van der Waals surface area contributed by atoms with E-state index in [2.05, 4.69) is 0 Å². The molecule has 0 atom stereocenters. The van der Waals surface area contributed by atoms with Gasteiger partial charge in [-0.1, -0.05) is 11.3 Å². The third-order valence-corrected chi connectivity index (χ3v) is 1.72. The van der Waals surface area contributed by atoms with Crippen molar-refractivity contribution in [3.05, 3.63) is 11.6 Å². The van der Waals surface area contributed by atoms with Crippen LogP contribution in [0.2, 0.25) is 0 Å². The van der Waals surface area contributed by atoms with Crippen molar-refractivity contribution < 1.29 is 10.2 Å². The maximum atomic E-state index is 8.80. The number of rotatable bonds is 0. The first-order chi connectivity index (χ1) is 3.70. The molecular formula is C5H6O2S. The molecule has 3 heteroatoms. The van der Waals surface area contributed by atoms with Crippen LogP contribution in [0.15, 0.2) is 6.07 Å². The van der Waals surface area contributed by atoms with Gasteiger partial charge in [0.05, 0.1) is 0 Å². The van der Waals surface area contributed by atoms with Crippen molar-refractivity contribution in [1.82, 2.24) is 0 Å². The van der Waals surface area contributed by atoms with E-state index in [1.54, 1.807) is 6.92 Å². The molecule has 0 aliphatic heterocycles. The molecule has 0 aliphatic carbocycles. The van der Waals surface area contributed by atoms with E-state index in [-0.39, 0.29) is 10.1 Å². The van der Waals surface area contributed by atoms with Gasteiger partial charge in [-0.25, -0.2) is 0 Å². The van der Waals surface area contributed by atoms with Crippen LogP contribution in [-0.2, 0) is 0 Å². The lowest BCUT2D eigenvalue weighted by Crippen LogP contribution is -1.56. The van der Waals surface area contributed by atoms with Crippen LogP contribution < -0.4 is 0 Å². The molecule has 1 rings (SSSR count). The minimum absolute atomic E-state index is 0.167. The SMILES string of the molecule is Cc1cc(O)sc1O. The quantitative estimate of drug-likeness (QED) is 0.558. The molecule has 0 saturated carbocycles. The summed E-state index contributed by atoms with van der Waals surface area (Å²) >= 11 is 0.980. The van der Waals surface area contributed by atoms with Gasteiger partial charge in [-0.15, -0.1) is 0 Å². The van der Waals surface area contributed by atoms with E-state index >= 15 is 0 Å². The lowest BCUT2D eigenvalue weighted by atomic mass is 10.4. The Morgan fingerprint density at radius 1 is 1.50 bits per heavy atom. The summed E-state index contributed by atoms with van der Waals surface area (Å²) in [4.78, 5) is 0. The molecule has 0 radical (unpaired) electrons. The molecule has 44 valence electrons. The molecule has 2 N–H and O–H groups in total. The Morgan fingerprint density at radius 3 is 2.25 bits per heavy atom. The van der Waals surface area contributed by atoms with Gasteiger partial charge in [-0.2, -0.15) is 0 Å². The molecule has 1 heterocycles. The monoisotopic (exact) mass is 130 g/mol. The minimum Gasteiger partial charge on any atom is -0.499 e. The highest BCUT2D eigenvalue weighted by Gasteiger charge is 1.99. The zero-order valence-corrected chi connectivity index (χ0v) is 5.20. The summed E-state index contributed by atoms with van der Waals surface area (Å²) < 4.78 is 0. The first kappa shape index (κ1) is 5.44. The molecule has 0 fully saturated rings. The van der Waals surface area contributed by atoms with Gasteiger partial charge in [0.25, 0.3) is 0 Å². The second-order valence-electron chi connectivity index (χ2n) is 1.57. The van der Waals surface area contributed by atoms with Gasteiger partial charge in [0, 0.05) is 5.56 Å². The fourth-order valence-electron chi connectivity index (χ4n) is 0.456. The van der Waals surface area contributed by atoms with Crippen molar-refractivity contribution in [3.8, 4) is 10.1 Å². The van der Waals surface area contributed by atoms with Crippen molar-refractivity contribution in [1.29, 1.82) is 0 Å². The van der Waals surface area contributed by atoms with Gasteiger partial charge < -0.3 is 10.2 Å². The fourth-order valence-corrected chi connectivity index (χ4v) is 1.11. The summed E-state index contributed by atoms with van der Waals surface area (Å²) in [7, 11) is 0. The second kappa shape index (κ2) is 1.67. The van der Waals surface area contributed by atoms with E-state index in [1.165, 1.54) is 6.07 Å². The molecule has 2 nitrogen and oxygen atoms in total. The Morgan fingerprint density at radius 2 is 2.12 bits per heavy atom. The van der Waals surface area contributed by atoms with Crippen molar-refractivity contribution in [2.75, 3.05) is 0 Å². The van der Waals surface area contributed by atoms with Crippen LogP contribution >= 0.6 is 11.3 Å². The molecule has 8 heavy (non-hydrogen) atoms. The number of hydrogen-bond donors (Lipinski definition) is 2. The number of aromatic hydroxyl groups is 2. The lowest BCUT2D eigenvalue weighted by Gasteiger charge is -1.78. The minimum atomic E-state index is 0.167. The van der Waals surface area contributed by atoms with Crippen LogP contribution in [-0.4, -0.2) is 10.2 Å². The Balaban J connectivity index is 3.14. The summed E-state index contributed by atoms with van der Waals surface area (Å²) in [6.45, 7) is 1.74. The van der Waals surface area contributed by atoms with Crippen LogP contribution in [0.5, 0.6) is 10.1 Å². The fraction of sp³-hybridized carbons (Fsp3) is 0.200. The Bertz CT molecular complexity index is 173. The third kappa shape index (κ3) is 0.767. The van der Waals surface area contributed by atoms with Crippen molar-refractivity contribution in [2.24, 2.45) is 0 Å². The van der Waals surface area contributed by atoms with E-state index < -0.39 is 0 Å². The maximum Gasteiger partial charge on any atom is 0.177 e. The molecule has 0 amide bonds. The van der Waals surface area contributed by atoms with Crippen LogP contribution in [0.3, 0.4) is 0 Å². The van der Waals surface area contributed by atoms with Crippen LogP contribution in [0, 0.1) is 6.92 Å². The highest BCUT2D eigenvalue weighted by molar-refractivity contribution is 7.15. The van der Waals surface area contributed by atoms with Crippen LogP contribution in [0.25, 0.3) is 0 Å². The largest absolute Gasteiger partial charge is 0.499 e. The highest BCUT2D eigenvalue weighted by atomic mass is 32.1. The van der Waals surface area contributed by atoms with Crippen molar-refractivity contribution >= 4 is 11.3 Å². The highest BCUT2D eigenvalue weighted by Crippen LogP contribution is 2.32. The van der Waals surface area contributed by atoms with Crippen molar-refractivity contribution in [2.45, 2.75) is 6.92 Å². The number of aryl methyl sites for hydroxylation is 1. The van der Waals surface area contributed by atoms with E-state index in [0.29, 0.717) is 0 Å². The Kier molecular flexibility index (Phi) is 1.13. The molecule has 1 aromatic heterocycles. The topological polar surface area (TPSA) is 40.5 Å². The summed E-state index contributed by atoms with van der Waals surface area (Å²) in [6.07, 6.45) is 0. The average molecular weight is 130 g/mol. The van der Waals surface area contributed by atoms with Gasteiger partial charge in [-0.05, 0) is 13.0 Å². The van der Waals surface area contributed by atoms with E-state index in [4.69, 9.17) is 10.2 Å². The third-order valence-electron chi connectivity index (χ3n) is 0.879. The van der Waals surface area contributed by atoms with Gasteiger partial charge in [-0.3, -0.25) is 0 Å². The summed E-state index contributed by atoms with van der Waals surface area (Å²) in [5.41, 5.74) is 0.729. The molecule has 0 aromatic carbocycles.